The van der Waals surface area contributed by atoms with Crippen LogP contribution in [-0.4, -0.2) is 43.8 Å². The number of benzene rings is 3. The summed E-state index contributed by atoms with van der Waals surface area (Å²) in [6.07, 6.45) is 0.279. The van der Waals surface area contributed by atoms with E-state index >= 15 is 0 Å². The largest absolute Gasteiger partial charge is 0.352 e. The fourth-order valence-corrected chi connectivity index (χ4v) is 5.84. The molecule has 3 aromatic carbocycles. The molecule has 0 heterocycles. The first-order valence-corrected chi connectivity index (χ1v) is 14.9. The summed E-state index contributed by atoms with van der Waals surface area (Å²) in [5.41, 5.74) is 1.76. The van der Waals surface area contributed by atoms with E-state index in [-0.39, 0.29) is 40.5 Å². The van der Waals surface area contributed by atoms with Gasteiger partial charge in [0.2, 0.25) is 11.8 Å². The van der Waals surface area contributed by atoms with Gasteiger partial charge in [-0.1, -0.05) is 53.9 Å². The smallest absolute Gasteiger partial charge is 0.264 e. The molecule has 0 aliphatic carbocycles. The quantitative estimate of drug-likeness (QED) is 0.291. The highest BCUT2D eigenvalue weighted by Crippen LogP contribution is 2.27. The molecule has 214 valence electrons. The third-order valence-electron chi connectivity index (χ3n) is 6.16. The Bertz CT molecular complexity index is 1450. The summed E-state index contributed by atoms with van der Waals surface area (Å²) in [5.74, 6) is -1.57. The highest BCUT2D eigenvalue weighted by Gasteiger charge is 2.34. The van der Waals surface area contributed by atoms with Crippen LogP contribution in [0.1, 0.15) is 38.3 Å². The fraction of sp³-hybridized carbons (Fsp3) is 0.310. The van der Waals surface area contributed by atoms with Crippen molar-refractivity contribution in [2.45, 2.75) is 57.6 Å². The third kappa shape index (κ3) is 7.74. The lowest BCUT2D eigenvalue weighted by atomic mass is 10.1. The van der Waals surface area contributed by atoms with E-state index in [1.54, 1.807) is 49.4 Å². The van der Waals surface area contributed by atoms with Gasteiger partial charge < -0.3 is 10.2 Å². The van der Waals surface area contributed by atoms with Gasteiger partial charge in [0.15, 0.2) is 0 Å². The highest BCUT2D eigenvalue weighted by molar-refractivity contribution is 7.92. The van der Waals surface area contributed by atoms with Crippen LogP contribution in [0.15, 0.2) is 71.6 Å². The van der Waals surface area contributed by atoms with Gasteiger partial charge in [-0.15, -0.1) is 0 Å². The van der Waals surface area contributed by atoms with Gasteiger partial charge in [0.25, 0.3) is 10.0 Å². The van der Waals surface area contributed by atoms with Crippen molar-refractivity contribution in [3.8, 4) is 0 Å². The van der Waals surface area contributed by atoms with Crippen molar-refractivity contribution in [3.05, 3.63) is 93.7 Å². The summed E-state index contributed by atoms with van der Waals surface area (Å²) in [5, 5.41) is 3.46. The topological polar surface area (TPSA) is 86.8 Å². The maximum absolute atomic E-state index is 14.0. The van der Waals surface area contributed by atoms with Crippen molar-refractivity contribution in [3.63, 3.8) is 0 Å². The van der Waals surface area contributed by atoms with E-state index in [9.17, 15) is 22.4 Å². The van der Waals surface area contributed by atoms with Crippen LogP contribution in [0.4, 0.5) is 10.1 Å². The lowest BCUT2D eigenvalue weighted by Crippen LogP contribution is -2.53. The zero-order valence-electron chi connectivity index (χ0n) is 22.7. The van der Waals surface area contributed by atoms with E-state index in [0.717, 1.165) is 34.1 Å². The van der Waals surface area contributed by atoms with Crippen LogP contribution in [0.2, 0.25) is 10.0 Å². The first-order chi connectivity index (χ1) is 18.8. The first-order valence-electron chi connectivity index (χ1n) is 12.7. The highest BCUT2D eigenvalue weighted by atomic mass is 35.5. The minimum Gasteiger partial charge on any atom is -0.352 e. The molecule has 11 heteroatoms. The summed E-state index contributed by atoms with van der Waals surface area (Å²) in [6.45, 7) is 6.63. The van der Waals surface area contributed by atoms with Crippen LogP contribution in [0.5, 0.6) is 0 Å². The predicted molar refractivity (Wildman–Crippen MR) is 156 cm³/mol. The molecular formula is C29H32Cl2FN3O4S. The number of amides is 2. The number of hydrogen-bond donors (Lipinski definition) is 1. The Balaban J connectivity index is 2.07. The van der Waals surface area contributed by atoms with Gasteiger partial charge in [-0.25, -0.2) is 12.8 Å². The second-order valence-corrected chi connectivity index (χ2v) is 12.3. The Labute approximate surface area is 244 Å². The maximum Gasteiger partial charge on any atom is 0.264 e. The summed E-state index contributed by atoms with van der Waals surface area (Å²) < 4.78 is 42.1. The molecule has 7 nitrogen and oxygen atoms in total. The molecule has 0 spiro atoms. The molecule has 0 aromatic heterocycles. The van der Waals surface area contributed by atoms with E-state index in [0.29, 0.717) is 10.6 Å². The summed E-state index contributed by atoms with van der Waals surface area (Å²) in [7, 11) is -4.29. The molecule has 0 unspecified atom stereocenters. The van der Waals surface area contributed by atoms with E-state index in [1.165, 1.54) is 4.90 Å². The summed E-state index contributed by atoms with van der Waals surface area (Å²) >= 11 is 12.3. The Hall–Kier alpha value is -3.14. The van der Waals surface area contributed by atoms with Crippen LogP contribution in [-0.2, 0) is 26.2 Å². The van der Waals surface area contributed by atoms with Crippen LogP contribution in [0.25, 0.3) is 0 Å². The molecule has 0 radical (unpaired) electrons. The first kappa shape index (κ1) is 31.4. The third-order valence-corrected chi connectivity index (χ3v) is 8.68. The minimum absolute atomic E-state index is 0.0158. The normalized spacial score (nSPS) is 12.2. The molecule has 3 rings (SSSR count). The zero-order valence-corrected chi connectivity index (χ0v) is 25.0. The average Bonchev–Trinajstić information content (AvgIpc) is 2.89. The molecule has 2 amide bonds. The Morgan fingerprint density at radius 1 is 0.950 bits per heavy atom. The molecule has 0 saturated carbocycles. The average molecular weight is 609 g/mol. The number of carbonyl (C=O) groups is 2. The van der Waals surface area contributed by atoms with Gasteiger partial charge >= 0.3 is 0 Å². The monoisotopic (exact) mass is 607 g/mol. The summed E-state index contributed by atoms with van der Waals surface area (Å²) in [6, 6.07) is 14.8. The van der Waals surface area contributed by atoms with Gasteiger partial charge in [0, 0.05) is 12.6 Å². The molecule has 0 fully saturated rings. The minimum atomic E-state index is -4.29. The standard InChI is InChI=1S/C29H32Cl2FN3O4S/c1-5-27(29(37)33-19(2)3)34(17-21-8-15-25(30)26(31)16-21)28(36)18-35(23-11-6-20(4)7-12-23)40(38,39)24-13-9-22(32)10-14-24/h6-16,19,27H,5,17-18H2,1-4H3,(H,33,37)/t27-/m1/s1. The van der Waals surface area contributed by atoms with E-state index < -0.39 is 34.3 Å². The molecule has 1 atom stereocenters. The SMILES string of the molecule is CC[C@H](C(=O)NC(C)C)N(Cc1ccc(Cl)c(Cl)c1)C(=O)CN(c1ccc(C)cc1)S(=O)(=O)c1ccc(F)cc1. The number of carbonyl (C=O) groups excluding carboxylic acids is 2. The van der Waals surface area contributed by atoms with Crippen LogP contribution in [0.3, 0.4) is 0 Å². The molecular weight excluding hydrogens is 576 g/mol. The Morgan fingerprint density at radius 2 is 1.57 bits per heavy atom. The van der Waals surface area contributed by atoms with Crippen molar-refractivity contribution in [2.75, 3.05) is 10.8 Å². The Kier molecular flexibility index (Phi) is 10.6. The number of nitrogens with one attached hydrogen (secondary N) is 1. The summed E-state index contributed by atoms with van der Waals surface area (Å²) in [4.78, 5) is 28.3. The van der Waals surface area contributed by atoms with E-state index in [4.69, 9.17) is 23.2 Å². The second-order valence-electron chi connectivity index (χ2n) is 9.66. The Morgan fingerprint density at radius 3 is 2.12 bits per heavy atom. The van der Waals surface area contributed by atoms with Crippen molar-refractivity contribution in [1.29, 1.82) is 0 Å². The predicted octanol–water partition coefficient (Wildman–Crippen LogP) is 5.97. The van der Waals surface area contributed by atoms with Crippen molar-refractivity contribution in [2.24, 2.45) is 0 Å². The van der Waals surface area contributed by atoms with Gasteiger partial charge in [-0.2, -0.15) is 0 Å². The van der Waals surface area contributed by atoms with Crippen molar-refractivity contribution >= 4 is 50.7 Å². The van der Waals surface area contributed by atoms with Gasteiger partial charge in [0.1, 0.15) is 18.4 Å². The lowest BCUT2D eigenvalue weighted by Gasteiger charge is -2.33. The van der Waals surface area contributed by atoms with E-state index in [2.05, 4.69) is 5.32 Å². The van der Waals surface area contributed by atoms with Crippen molar-refractivity contribution < 1.29 is 22.4 Å². The number of aryl methyl sites for hydroxylation is 1. The molecule has 0 aliphatic heterocycles. The molecule has 0 aliphatic rings. The van der Waals surface area contributed by atoms with Crippen molar-refractivity contribution in [1.82, 2.24) is 10.2 Å². The number of rotatable bonds is 11. The lowest BCUT2D eigenvalue weighted by molar-refractivity contribution is -0.140. The van der Waals surface area contributed by atoms with Crippen LogP contribution < -0.4 is 9.62 Å². The van der Waals surface area contributed by atoms with Gasteiger partial charge in [0.05, 0.1) is 20.6 Å². The maximum atomic E-state index is 14.0. The number of nitrogens with zero attached hydrogens (tertiary/aromatic N) is 2. The number of sulfonamides is 1. The number of anilines is 1. The van der Waals surface area contributed by atoms with Gasteiger partial charge in [-0.3, -0.25) is 13.9 Å². The molecule has 1 N–H and O–H groups in total. The van der Waals surface area contributed by atoms with E-state index in [1.807, 2.05) is 20.8 Å². The molecule has 40 heavy (non-hydrogen) atoms. The zero-order chi connectivity index (χ0) is 29.6. The number of hydrogen-bond acceptors (Lipinski definition) is 4. The number of halogens is 3. The van der Waals surface area contributed by atoms with Crippen LogP contribution >= 0.6 is 23.2 Å². The van der Waals surface area contributed by atoms with Gasteiger partial charge in [-0.05, 0) is 81.3 Å². The second kappa shape index (κ2) is 13.5. The molecule has 3 aromatic rings. The molecule has 0 saturated heterocycles. The van der Waals surface area contributed by atoms with Crippen LogP contribution in [0, 0.1) is 12.7 Å². The molecule has 0 bridgehead atoms. The fourth-order valence-electron chi connectivity index (χ4n) is 4.11.